The van der Waals surface area contributed by atoms with Crippen molar-refractivity contribution in [1.29, 1.82) is 0 Å². The number of amides is 1. The molecule has 138 valence electrons. The second kappa shape index (κ2) is 6.89. The molecule has 1 unspecified atom stereocenters. The molecule has 1 saturated carbocycles. The van der Waals surface area contributed by atoms with Gasteiger partial charge in [-0.1, -0.05) is 0 Å². The quantitative estimate of drug-likeness (QED) is 0.302. The third kappa shape index (κ3) is 4.12. The number of hydrogen-bond acceptors (Lipinski definition) is 8. The molecule has 10 nitrogen and oxygen atoms in total. The Morgan fingerprint density at radius 2 is 1.79 bits per heavy atom. The number of rotatable bonds is 6. The zero-order chi connectivity index (χ0) is 18.9. The van der Waals surface area contributed by atoms with Crippen molar-refractivity contribution < 1.29 is 33.8 Å². The topological polar surface area (TPSA) is 137 Å². The maximum absolute atomic E-state index is 11.9. The van der Waals surface area contributed by atoms with Gasteiger partial charge in [0.25, 0.3) is 0 Å². The van der Waals surface area contributed by atoms with Crippen LogP contribution in [0.3, 0.4) is 0 Å². The summed E-state index contributed by atoms with van der Waals surface area (Å²) in [7, 11) is 2.23. The average molecular weight is 348 g/mol. The molecule has 24 heavy (non-hydrogen) atoms. The minimum absolute atomic E-state index is 0.693. The predicted molar refractivity (Wildman–Crippen MR) is 80.6 cm³/mol. The summed E-state index contributed by atoms with van der Waals surface area (Å²) < 4.78 is 14.5. The number of carbonyl (C=O) groups is 2. The van der Waals surface area contributed by atoms with E-state index in [1.54, 1.807) is 20.8 Å². The van der Waals surface area contributed by atoms with Gasteiger partial charge in [0.1, 0.15) is 5.60 Å². The molecule has 0 saturated heterocycles. The fraction of sp³-hybridized carbons (Fsp3) is 0.857. The summed E-state index contributed by atoms with van der Waals surface area (Å²) in [5.74, 6) is -2.55. The van der Waals surface area contributed by atoms with E-state index in [2.05, 4.69) is 10.1 Å². The Balaban J connectivity index is 2.93. The lowest BCUT2D eigenvalue weighted by molar-refractivity contribution is -0.636. The van der Waals surface area contributed by atoms with Crippen LogP contribution < -0.4 is 5.32 Å². The van der Waals surface area contributed by atoms with Gasteiger partial charge < -0.3 is 24.6 Å². The standard InChI is InChI=1S/C14H24N2O8/c1-13(2,3)24-12(19)15-9-7(8(9)11(18)22-5)10(17)14(4,23-6)16(20)21/h7-10,17H,1-6H3,(H,15,19)/t7-,8-,9-,10+,14?/m0/s1. The first-order valence-corrected chi connectivity index (χ1v) is 7.34. The van der Waals surface area contributed by atoms with Gasteiger partial charge in [-0.15, -0.1) is 0 Å². The van der Waals surface area contributed by atoms with Crippen LogP contribution in [0, 0.1) is 22.0 Å². The molecule has 1 aliphatic carbocycles. The highest BCUT2D eigenvalue weighted by molar-refractivity contribution is 5.80. The number of alkyl carbamates (subject to hydrolysis) is 1. The Morgan fingerprint density at radius 1 is 1.25 bits per heavy atom. The molecule has 10 heteroatoms. The van der Waals surface area contributed by atoms with Crippen LogP contribution in [0.1, 0.15) is 27.7 Å². The largest absolute Gasteiger partial charge is 0.469 e. The highest BCUT2D eigenvalue weighted by atomic mass is 16.7. The molecular formula is C14H24N2O8. The number of aliphatic hydroxyl groups excluding tert-OH is 1. The molecule has 0 radical (unpaired) electrons. The summed E-state index contributed by atoms with van der Waals surface area (Å²) in [5.41, 5.74) is -2.88. The van der Waals surface area contributed by atoms with Crippen molar-refractivity contribution in [2.45, 2.75) is 51.2 Å². The van der Waals surface area contributed by atoms with E-state index < -0.39 is 52.3 Å². The highest BCUT2D eigenvalue weighted by Crippen LogP contribution is 2.46. The van der Waals surface area contributed by atoms with Gasteiger partial charge in [-0.25, -0.2) is 4.79 Å². The summed E-state index contributed by atoms with van der Waals surface area (Å²) in [5, 5.41) is 24.0. The minimum Gasteiger partial charge on any atom is -0.469 e. The van der Waals surface area contributed by atoms with Crippen LogP contribution in [0.4, 0.5) is 4.79 Å². The fourth-order valence-electron chi connectivity index (χ4n) is 2.46. The summed E-state index contributed by atoms with van der Waals surface area (Å²) in [6.45, 7) is 6.09. The first-order valence-electron chi connectivity index (χ1n) is 7.34. The fourth-order valence-corrected chi connectivity index (χ4v) is 2.46. The molecule has 1 rings (SSSR count). The summed E-state index contributed by atoms with van der Waals surface area (Å²) >= 11 is 0. The number of esters is 1. The Labute approximate surface area is 139 Å². The molecule has 0 heterocycles. The van der Waals surface area contributed by atoms with Crippen LogP contribution in [-0.2, 0) is 19.0 Å². The maximum atomic E-state index is 11.9. The molecule has 0 spiro atoms. The van der Waals surface area contributed by atoms with E-state index in [-0.39, 0.29) is 0 Å². The Bertz CT molecular complexity index is 517. The molecule has 0 aromatic carbocycles. The van der Waals surface area contributed by atoms with Gasteiger partial charge in [-0.3, -0.25) is 14.9 Å². The first kappa shape index (κ1) is 20.1. The minimum atomic E-state index is -2.12. The Kier molecular flexibility index (Phi) is 5.78. The molecular weight excluding hydrogens is 324 g/mol. The number of nitro groups is 1. The van der Waals surface area contributed by atoms with E-state index in [9.17, 15) is 24.8 Å². The number of aliphatic hydroxyl groups is 1. The third-order valence-electron chi connectivity index (χ3n) is 3.92. The number of ether oxygens (including phenoxy) is 3. The molecule has 0 aromatic heterocycles. The highest BCUT2D eigenvalue weighted by Gasteiger charge is 2.67. The predicted octanol–water partition coefficient (Wildman–Crippen LogP) is 0.299. The average Bonchev–Trinajstić information content (AvgIpc) is 3.15. The number of carbonyl (C=O) groups excluding carboxylic acids is 2. The van der Waals surface area contributed by atoms with E-state index in [0.29, 0.717) is 0 Å². The van der Waals surface area contributed by atoms with Crippen LogP contribution in [0.5, 0.6) is 0 Å². The van der Waals surface area contributed by atoms with E-state index in [4.69, 9.17) is 9.47 Å². The SMILES string of the molecule is COC(=O)[C@@H]1[C@@H](NC(=O)OC(C)(C)C)[C@H]1[C@@H](O)C(C)(OC)[N+](=O)[O-]. The number of hydrogen-bond donors (Lipinski definition) is 2. The van der Waals surface area contributed by atoms with Crippen molar-refractivity contribution in [2.75, 3.05) is 14.2 Å². The van der Waals surface area contributed by atoms with Gasteiger partial charge in [0, 0.05) is 20.0 Å². The van der Waals surface area contributed by atoms with Crippen LogP contribution in [0.2, 0.25) is 0 Å². The van der Waals surface area contributed by atoms with Crippen molar-refractivity contribution in [3.8, 4) is 0 Å². The monoisotopic (exact) mass is 348 g/mol. The lowest BCUT2D eigenvalue weighted by atomic mass is 10.0. The molecule has 1 fully saturated rings. The van der Waals surface area contributed by atoms with Gasteiger partial charge in [0.05, 0.1) is 24.0 Å². The summed E-state index contributed by atoms with van der Waals surface area (Å²) in [6, 6.07) is -0.850. The van der Waals surface area contributed by atoms with Crippen molar-refractivity contribution in [3.63, 3.8) is 0 Å². The van der Waals surface area contributed by atoms with E-state index in [1.165, 1.54) is 0 Å². The third-order valence-corrected chi connectivity index (χ3v) is 3.92. The second-order valence-electron chi connectivity index (χ2n) is 6.76. The molecule has 5 atom stereocenters. The molecule has 0 aliphatic heterocycles. The molecule has 0 aromatic rings. The normalized spacial score (nSPS) is 26.7. The smallest absolute Gasteiger partial charge is 0.407 e. The molecule has 0 bridgehead atoms. The van der Waals surface area contributed by atoms with Crippen LogP contribution in [0.25, 0.3) is 0 Å². The zero-order valence-corrected chi connectivity index (χ0v) is 14.6. The van der Waals surface area contributed by atoms with Gasteiger partial charge in [0.15, 0.2) is 6.10 Å². The van der Waals surface area contributed by atoms with E-state index in [1.807, 2.05) is 0 Å². The van der Waals surface area contributed by atoms with Crippen LogP contribution in [-0.4, -0.2) is 59.8 Å². The summed E-state index contributed by atoms with van der Waals surface area (Å²) in [4.78, 5) is 34.1. The van der Waals surface area contributed by atoms with Gasteiger partial charge in [0.2, 0.25) is 0 Å². The lowest BCUT2D eigenvalue weighted by Gasteiger charge is -2.25. The number of methoxy groups -OCH3 is 2. The van der Waals surface area contributed by atoms with Crippen LogP contribution in [0.15, 0.2) is 0 Å². The van der Waals surface area contributed by atoms with Crippen molar-refractivity contribution >= 4 is 12.1 Å². The van der Waals surface area contributed by atoms with Crippen molar-refractivity contribution in [2.24, 2.45) is 11.8 Å². The van der Waals surface area contributed by atoms with E-state index >= 15 is 0 Å². The van der Waals surface area contributed by atoms with Crippen LogP contribution >= 0.6 is 0 Å². The second-order valence-corrected chi connectivity index (χ2v) is 6.76. The maximum Gasteiger partial charge on any atom is 0.407 e. The van der Waals surface area contributed by atoms with Gasteiger partial charge in [-0.05, 0) is 20.8 Å². The zero-order valence-electron chi connectivity index (χ0n) is 14.6. The first-order chi connectivity index (χ1) is 10.9. The summed E-state index contributed by atoms with van der Waals surface area (Å²) in [6.07, 6.45) is -2.43. The van der Waals surface area contributed by atoms with E-state index in [0.717, 1.165) is 21.1 Å². The molecule has 1 aliphatic rings. The Morgan fingerprint density at radius 3 is 2.17 bits per heavy atom. The Hall–Kier alpha value is -1.94. The number of nitrogens with one attached hydrogen (secondary N) is 1. The van der Waals surface area contributed by atoms with Gasteiger partial charge in [-0.2, -0.15) is 0 Å². The van der Waals surface area contributed by atoms with Gasteiger partial charge >= 0.3 is 17.8 Å². The number of nitrogens with zero attached hydrogens (tertiary/aromatic N) is 1. The lowest BCUT2D eigenvalue weighted by Crippen LogP contribution is -2.50. The van der Waals surface area contributed by atoms with Crippen molar-refractivity contribution in [3.05, 3.63) is 10.1 Å². The molecule has 1 amide bonds. The molecule has 2 N–H and O–H groups in total. The van der Waals surface area contributed by atoms with Crippen molar-refractivity contribution in [1.82, 2.24) is 5.32 Å².